The Balaban J connectivity index is 1.95. The molecule has 0 bridgehead atoms. The third-order valence-electron chi connectivity index (χ3n) is 5.49. The van der Waals surface area contributed by atoms with Crippen LogP contribution >= 0.6 is 15.9 Å². The van der Waals surface area contributed by atoms with Crippen molar-refractivity contribution in [2.45, 2.75) is 50.7 Å². The second kappa shape index (κ2) is 4.57. The van der Waals surface area contributed by atoms with Crippen molar-refractivity contribution in [2.24, 2.45) is 11.1 Å². The summed E-state index contributed by atoms with van der Waals surface area (Å²) in [6.45, 7) is 2.22. The van der Waals surface area contributed by atoms with Crippen molar-refractivity contribution in [3.05, 3.63) is 33.8 Å². The van der Waals surface area contributed by atoms with E-state index in [1.54, 1.807) is 0 Å². The summed E-state index contributed by atoms with van der Waals surface area (Å²) in [5, 5.41) is 0. The lowest BCUT2D eigenvalue weighted by atomic mass is 9.62. The van der Waals surface area contributed by atoms with Gasteiger partial charge in [-0.2, -0.15) is 0 Å². The molecule has 19 heavy (non-hydrogen) atoms. The fraction of sp³-hybridized carbons (Fsp3) is 0.625. The number of benzene rings is 1. The van der Waals surface area contributed by atoms with Crippen LogP contribution < -0.4 is 5.73 Å². The number of rotatable bonds is 1. The van der Waals surface area contributed by atoms with Gasteiger partial charge in [0.05, 0.1) is 6.10 Å². The molecule has 1 saturated carbocycles. The molecule has 2 aliphatic carbocycles. The monoisotopic (exact) mass is 323 g/mol. The van der Waals surface area contributed by atoms with Crippen LogP contribution in [-0.4, -0.2) is 13.2 Å². The van der Waals surface area contributed by atoms with E-state index in [1.807, 2.05) is 7.11 Å². The van der Waals surface area contributed by atoms with E-state index in [1.165, 1.54) is 24.0 Å². The highest BCUT2D eigenvalue weighted by Gasteiger charge is 2.53. The van der Waals surface area contributed by atoms with Crippen LogP contribution in [0.3, 0.4) is 0 Å². The number of hydrogen-bond donors (Lipinski definition) is 1. The van der Waals surface area contributed by atoms with Gasteiger partial charge in [-0.05, 0) is 67.7 Å². The molecule has 2 nitrogen and oxygen atoms in total. The minimum atomic E-state index is -0.217. The van der Waals surface area contributed by atoms with Gasteiger partial charge < -0.3 is 10.5 Å². The van der Waals surface area contributed by atoms with Gasteiger partial charge in [-0.1, -0.05) is 22.0 Å². The smallest absolute Gasteiger partial charge is 0.0571 e. The number of halogens is 1. The van der Waals surface area contributed by atoms with E-state index in [9.17, 15) is 0 Å². The Hall–Kier alpha value is -0.380. The van der Waals surface area contributed by atoms with Gasteiger partial charge in [-0.25, -0.2) is 0 Å². The summed E-state index contributed by atoms with van der Waals surface area (Å²) in [6.07, 6.45) is 6.17. The van der Waals surface area contributed by atoms with Gasteiger partial charge in [0.1, 0.15) is 0 Å². The highest BCUT2D eigenvalue weighted by Crippen LogP contribution is 2.56. The lowest BCUT2D eigenvalue weighted by molar-refractivity contribution is 0.000612. The molecule has 0 saturated heterocycles. The summed E-state index contributed by atoms with van der Waals surface area (Å²) in [6, 6.07) is 6.59. The van der Waals surface area contributed by atoms with Crippen LogP contribution in [0.5, 0.6) is 0 Å². The van der Waals surface area contributed by atoms with Crippen LogP contribution in [0.25, 0.3) is 0 Å². The molecular formula is C16H22BrNO. The number of ether oxygens (including phenoxy) is 1. The molecule has 2 aliphatic rings. The van der Waals surface area contributed by atoms with Crippen molar-refractivity contribution >= 4 is 15.9 Å². The molecule has 1 atom stereocenters. The zero-order valence-electron chi connectivity index (χ0n) is 11.7. The Kier molecular flexibility index (Phi) is 3.27. The fourth-order valence-corrected chi connectivity index (χ4v) is 4.46. The molecule has 0 radical (unpaired) electrons. The largest absolute Gasteiger partial charge is 0.381 e. The summed E-state index contributed by atoms with van der Waals surface area (Å²) in [5.41, 5.74) is 9.57. The normalized spacial score (nSPS) is 37.6. The zero-order valence-corrected chi connectivity index (χ0v) is 13.3. The summed E-state index contributed by atoms with van der Waals surface area (Å²) < 4.78 is 6.64. The Morgan fingerprint density at radius 1 is 1.32 bits per heavy atom. The third kappa shape index (κ3) is 1.98. The highest BCUT2D eigenvalue weighted by molar-refractivity contribution is 9.10. The topological polar surface area (TPSA) is 35.2 Å². The van der Waals surface area contributed by atoms with E-state index in [0.717, 1.165) is 23.7 Å². The van der Waals surface area contributed by atoms with Crippen molar-refractivity contribution in [3.8, 4) is 0 Å². The Morgan fingerprint density at radius 2 is 2.00 bits per heavy atom. The van der Waals surface area contributed by atoms with E-state index < -0.39 is 0 Å². The third-order valence-corrected chi connectivity index (χ3v) is 5.98. The van der Waals surface area contributed by atoms with E-state index in [2.05, 4.69) is 41.1 Å². The van der Waals surface area contributed by atoms with Gasteiger partial charge in [0, 0.05) is 17.1 Å². The average Bonchev–Trinajstić information content (AvgIpc) is 2.60. The quantitative estimate of drug-likeness (QED) is 0.854. The summed E-state index contributed by atoms with van der Waals surface area (Å²) in [7, 11) is 1.82. The zero-order chi connectivity index (χ0) is 13.7. The van der Waals surface area contributed by atoms with Gasteiger partial charge in [0.2, 0.25) is 0 Å². The summed E-state index contributed by atoms with van der Waals surface area (Å²) >= 11 is 3.57. The van der Waals surface area contributed by atoms with Gasteiger partial charge in [0.15, 0.2) is 0 Å². The van der Waals surface area contributed by atoms with Crippen LogP contribution in [0.4, 0.5) is 0 Å². The molecule has 2 N–H and O–H groups in total. The predicted molar refractivity (Wildman–Crippen MR) is 81.1 cm³/mol. The van der Waals surface area contributed by atoms with Crippen molar-refractivity contribution in [1.29, 1.82) is 0 Å². The SMILES string of the molecule is COC1CCC2(CC1)Cc1ccc(Br)cc1C2(C)N. The molecule has 3 heteroatoms. The van der Waals surface area contributed by atoms with Crippen LogP contribution in [0.15, 0.2) is 22.7 Å². The number of nitrogens with two attached hydrogens (primary N) is 1. The molecule has 104 valence electrons. The molecular weight excluding hydrogens is 302 g/mol. The first-order chi connectivity index (χ1) is 8.98. The second-order valence-corrected chi connectivity index (χ2v) is 7.31. The van der Waals surface area contributed by atoms with E-state index >= 15 is 0 Å². The minimum Gasteiger partial charge on any atom is -0.381 e. The van der Waals surface area contributed by atoms with E-state index in [0.29, 0.717) is 6.10 Å². The molecule has 0 heterocycles. The second-order valence-electron chi connectivity index (χ2n) is 6.40. The molecule has 0 aromatic heterocycles. The molecule has 1 aromatic rings. The molecule has 0 amide bonds. The maximum absolute atomic E-state index is 6.79. The molecule has 3 rings (SSSR count). The van der Waals surface area contributed by atoms with Gasteiger partial charge in [0.25, 0.3) is 0 Å². The van der Waals surface area contributed by atoms with E-state index in [4.69, 9.17) is 10.5 Å². The van der Waals surface area contributed by atoms with Gasteiger partial charge in [-0.15, -0.1) is 0 Å². The molecule has 1 fully saturated rings. The van der Waals surface area contributed by atoms with Crippen molar-refractivity contribution in [2.75, 3.05) is 7.11 Å². The number of methoxy groups -OCH3 is 1. The van der Waals surface area contributed by atoms with Gasteiger partial charge in [-0.3, -0.25) is 0 Å². The average molecular weight is 324 g/mol. The first-order valence-corrected chi connectivity index (χ1v) is 7.88. The van der Waals surface area contributed by atoms with Crippen molar-refractivity contribution in [3.63, 3.8) is 0 Å². The molecule has 1 aromatic carbocycles. The first-order valence-electron chi connectivity index (χ1n) is 7.09. The number of fused-ring (bicyclic) bond motifs is 1. The Labute approximate surface area is 123 Å². The highest BCUT2D eigenvalue weighted by atomic mass is 79.9. The van der Waals surface area contributed by atoms with Crippen LogP contribution in [0.2, 0.25) is 0 Å². The van der Waals surface area contributed by atoms with E-state index in [-0.39, 0.29) is 11.0 Å². The maximum Gasteiger partial charge on any atom is 0.0571 e. The lowest BCUT2D eigenvalue weighted by Gasteiger charge is -2.46. The van der Waals surface area contributed by atoms with Crippen LogP contribution in [0.1, 0.15) is 43.7 Å². The fourth-order valence-electron chi connectivity index (χ4n) is 4.10. The molecule has 0 aliphatic heterocycles. The van der Waals surface area contributed by atoms with Crippen LogP contribution in [-0.2, 0) is 16.7 Å². The summed E-state index contributed by atoms with van der Waals surface area (Å²) in [5.74, 6) is 0. The lowest BCUT2D eigenvalue weighted by Crippen LogP contribution is -2.50. The van der Waals surface area contributed by atoms with Gasteiger partial charge >= 0.3 is 0 Å². The van der Waals surface area contributed by atoms with Crippen molar-refractivity contribution in [1.82, 2.24) is 0 Å². The first kappa shape index (κ1) is 13.6. The standard InChI is InChI=1S/C16H22BrNO/c1-15(18)14-9-12(17)4-3-11(14)10-16(15)7-5-13(19-2)6-8-16/h3-4,9,13H,5-8,10,18H2,1-2H3. The predicted octanol–water partition coefficient (Wildman–Crippen LogP) is 3.75. The Morgan fingerprint density at radius 3 is 2.63 bits per heavy atom. The van der Waals surface area contributed by atoms with Crippen molar-refractivity contribution < 1.29 is 4.74 Å². The molecule has 1 unspecified atom stereocenters. The molecule has 1 spiro atoms. The minimum absolute atomic E-state index is 0.217. The van der Waals surface area contributed by atoms with Crippen LogP contribution in [0, 0.1) is 5.41 Å². The maximum atomic E-state index is 6.79. The summed E-state index contributed by atoms with van der Waals surface area (Å²) in [4.78, 5) is 0. The Bertz CT molecular complexity index is 490. The number of hydrogen-bond acceptors (Lipinski definition) is 2.